The Balaban J connectivity index is 1.50. The van der Waals surface area contributed by atoms with E-state index in [1.54, 1.807) is 6.92 Å². The zero-order chi connectivity index (χ0) is 18.7. The summed E-state index contributed by atoms with van der Waals surface area (Å²) in [5, 5.41) is 10.8. The fourth-order valence-electron chi connectivity index (χ4n) is 5.02. The van der Waals surface area contributed by atoms with Crippen molar-refractivity contribution in [1.29, 1.82) is 0 Å². The summed E-state index contributed by atoms with van der Waals surface area (Å²) in [6.07, 6.45) is 4.21. The maximum Gasteiger partial charge on any atom is 0.219 e. The molecule has 0 aromatic rings. The first-order chi connectivity index (χ1) is 12.5. The second-order valence-corrected chi connectivity index (χ2v) is 8.65. The lowest BCUT2D eigenvalue weighted by Gasteiger charge is -2.41. The molecule has 26 heavy (non-hydrogen) atoms. The summed E-state index contributed by atoms with van der Waals surface area (Å²) in [5.41, 5.74) is 0. The van der Waals surface area contributed by atoms with Gasteiger partial charge in [0, 0.05) is 64.3 Å². The second-order valence-electron chi connectivity index (χ2n) is 8.65. The van der Waals surface area contributed by atoms with Gasteiger partial charge in [0.15, 0.2) is 0 Å². The Morgan fingerprint density at radius 1 is 0.846 bits per heavy atom. The number of aliphatic hydroxyl groups is 1. The number of carbonyl (C=O) groups excluding carboxylic acids is 1. The van der Waals surface area contributed by atoms with Crippen molar-refractivity contribution in [2.75, 3.05) is 52.4 Å². The van der Waals surface area contributed by atoms with E-state index in [1.807, 2.05) is 4.90 Å². The van der Waals surface area contributed by atoms with Crippen LogP contribution < -0.4 is 0 Å². The molecule has 1 N–H and O–H groups in total. The first-order valence-corrected chi connectivity index (χ1v) is 10.6. The second kappa shape index (κ2) is 9.00. The van der Waals surface area contributed by atoms with Gasteiger partial charge in [0.2, 0.25) is 5.91 Å². The van der Waals surface area contributed by atoms with Crippen molar-refractivity contribution in [3.63, 3.8) is 0 Å². The van der Waals surface area contributed by atoms with E-state index in [0.717, 1.165) is 52.1 Å². The van der Waals surface area contributed by atoms with Crippen LogP contribution in [0.5, 0.6) is 0 Å². The lowest BCUT2D eigenvalue weighted by atomic mass is 10.0. The molecule has 6 nitrogen and oxygen atoms in total. The summed E-state index contributed by atoms with van der Waals surface area (Å²) >= 11 is 0. The van der Waals surface area contributed by atoms with Gasteiger partial charge < -0.3 is 19.8 Å². The number of carbonyl (C=O) groups is 1. The van der Waals surface area contributed by atoms with Crippen LogP contribution in [-0.4, -0.2) is 107 Å². The topological polar surface area (TPSA) is 50.3 Å². The summed E-state index contributed by atoms with van der Waals surface area (Å²) in [4.78, 5) is 21.1. The van der Waals surface area contributed by atoms with Crippen molar-refractivity contribution in [2.24, 2.45) is 0 Å². The standard InChI is InChI=1S/C20H38N4O2/c1-16(2)21-8-4-18(5-9-21)23-10-6-19(20(26)7-11-23)24-14-12-22(13-15-24)17(3)25/h16,18-20,26H,4-15H2,1-3H3/t19-,20-/m0/s1. The molecule has 0 unspecified atom stereocenters. The van der Waals surface area contributed by atoms with Gasteiger partial charge in [-0.25, -0.2) is 0 Å². The van der Waals surface area contributed by atoms with Crippen LogP contribution >= 0.6 is 0 Å². The third kappa shape index (κ3) is 4.77. The Morgan fingerprint density at radius 3 is 2.04 bits per heavy atom. The van der Waals surface area contributed by atoms with Crippen LogP contribution in [-0.2, 0) is 4.79 Å². The molecule has 150 valence electrons. The van der Waals surface area contributed by atoms with E-state index >= 15 is 0 Å². The van der Waals surface area contributed by atoms with Crippen LogP contribution in [0.15, 0.2) is 0 Å². The van der Waals surface area contributed by atoms with Crippen LogP contribution in [0.2, 0.25) is 0 Å². The normalized spacial score (nSPS) is 31.3. The summed E-state index contributed by atoms with van der Waals surface area (Å²) < 4.78 is 0. The Labute approximate surface area is 159 Å². The predicted octanol–water partition coefficient (Wildman–Crippen LogP) is 0.849. The van der Waals surface area contributed by atoms with Gasteiger partial charge >= 0.3 is 0 Å². The molecule has 3 saturated heterocycles. The average molecular weight is 367 g/mol. The molecule has 0 aliphatic carbocycles. The fraction of sp³-hybridized carbons (Fsp3) is 0.950. The molecular formula is C20H38N4O2. The van der Waals surface area contributed by atoms with Crippen LogP contribution in [0.25, 0.3) is 0 Å². The van der Waals surface area contributed by atoms with Crippen molar-refractivity contribution >= 4 is 5.91 Å². The monoisotopic (exact) mass is 366 g/mol. The lowest BCUT2D eigenvalue weighted by molar-refractivity contribution is -0.131. The average Bonchev–Trinajstić information content (AvgIpc) is 2.83. The molecule has 0 spiro atoms. The molecule has 0 aromatic carbocycles. The first kappa shape index (κ1) is 20.1. The maximum atomic E-state index is 11.5. The molecule has 2 atom stereocenters. The van der Waals surface area contributed by atoms with Gasteiger partial charge in [-0.2, -0.15) is 0 Å². The highest BCUT2D eigenvalue weighted by molar-refractivity contribution is 5.73. The van der Waals surface area contributed by atoms with Gasteiger partial charge in [-0.15, -0.1) is 0 Å². The first-order valence-electron chi connectivity index (χ1n) is 10.6. The lowest BCUT2D eigenvalue weighted by Crippen LogP contribution is -2.54. The fourth-order valence-corrected chi connectivity index (χ4v) is 5.02. The van der Waals surface area contributed by atoms with Gasteiger partial charge in [0.25, 0.3) is 0 Å². The Bertz CT molecular complexity index is 457. The number of amides is 1. The molecule has 0 saturated carbocycles. The van der Waals surface area contributed by atoms with E-state index in [2.05, 4.69) is 28.5 Å². The van der Waals surface area contributed by atoms with Gasteiger partial charge in [-0.3, -0.25) is 9.69 Å². The van der Waals surface area contributed by atoms with Crippen molar-refractivity contribution in [3.8, 4) is 0 Å². The number of likely N-dealkylation sites (tertiary alicyclic amines) is 2. The third-order valence-corrected chi connectivity index (χ3v) is 6.84. The molecule has 0 radical (unpaired) electrons. The minimum Gasteiger partial charge on any atom is -0.391 e. The van der Waals surface area contributed by atoms with Crippen LogP contribution in [0, 0.1) is 0 Å². The zero-order valence-electron chi connectivity index (χ0n) is 16.9. The third-order valence-electron chi connectivity index (χ3n) is 6.84. The number of piperidine rings is 1. The number of hydrogen-bond acceptors (Lipinski definition) is 5. The molecule has 0 aromatic heterocycles. The number of nitrogens with zero attached hydrogens (tertiary/aromatic N) is 4. The number of aliphatic hydroxyl groups excluding tert-OH is 1. The summed E-state index contributed by atoms with van der Waals surface area (Å²) in [6, 6.07) is 1.59. The van der Waals surface area contributed by atoms with Crippen molar-refractivity contribution < 1.29 is 9.90 Å². The molecular weight excluding hydrogens is 328 g/mol. The Hall–Kier alpha value is -0.690. The van der Waals surface area contributed by atoms with Crippen LogP contribution in [0.1, 0.15) is 46.5 Å². The molecule has 6 heteroatoms. The SMILES string of the molecule is CC(=O)N1CCN([C@H]2CCN(C3CCN(C(C)C)CC3)CC[C@@H]2O)CC1. The highest BCUT2D eigenvalue weighted by atomic mass is 16.3. The van der Waals surface area contributed by atoms with E-state index in [4.69, 9.17) is 0 Å². The highest BCUT2D eigenvalue weighted by Gasteiger charge is 2.34. The van der Waals surface area contributed by atoms with E-state index in [1.165, 1.54) is 25.9 Å². The Morgan fingerprint density at radius 2 is 1.46 bits per heavy atom. The van der Waals surface area contributed by atoms with Gasteiger partial charge in [-0.05, 0) is 52.6 Å². The molecule has 3 aliphatic heterocycles. The summed E-state index contributed by atoms with van der Waals surface area (Å²) in [7, 11) is 0. The van der Waals surface area contributed by atoms with Crippen molar-refractivity contribution in [2.45, 2.75) is 70.7 Å². The number of piperazine rings is 1. The minimum absolute atomic E-state index is 0.171. The summed E-state index contributed by atoms with van der Waals surface area (Å²) in [6.45, 7) is 14.2. The zero-order valence-corrected chi connectivity index (χ0v) is 16.9. The van der Waals surface area contributed by atoms with Crippen LogP contribution in [0.3, 0.4) is 0 Å². The van der Waals surface area contributed by atoms with Gasteiger partial charge in [-0.1, -0.05) is 0 Å². The smallest absolute Gasteiger partial charge is 0.219 e. The number of hydrogen-bond donors (Lipinski definition) is 1. The number of rotatable bonds is 3. The highest BCUT2D eigenvalue weighted by Crippen LogP contribution is 2.24. The quantitative estimate of drug-likeness (QED) is 0.803. The van der Waals surface area contributed by atoms with Gasteiger partial charge in [0.05, 0.1) is 6.10 Å². The minimum atomic E-state index is -0.236. The van der Waals surface area contributed by atoms with Crippen LogP contribution in [0.4, 0.5) is 0 Å². The van der Waals surface area contributed by atoms with E-state index < -0.39 is 0 Å². The molecule has 3 rings (SSSR count). The predicted molar refractivity (Wildman–Crippen MR) is 104 cm³/mol. The Kier molecular flexibility index (Phi) is 6.94. The molecule has 1 amide bonds. The largest absolute Gasteiger partial charge is 0.391 e. The van der Waals surface area contributed by atoms with Crippen molar-refractivity contribution in [1.82, 2.24) is 19.6 Å². The van der Waals surface area contributed by atoms with Crippen molar-refractivity contribution in [3.05, 3.63) is 0 Å². The van der Waals surface area contributed by atoms with Gasteiger partial charge in [0.1, 0.15) is 0 Å². The molecule has 3 fully saturated rings. The summed E-state index contributed by atoms with van der Waals surface area (Å²) in [5.74, 6) is 0.171. The van der Waals surface area contributed by atoms with E-state index in [0.29, 0.717) is 12.1 Å². The maximum absolute atomic E-state index is 11.5. The molecule has 3 heterocycles. The molecule has 0 bridgehead atoms. The molecule has 3 aliphatic rings. The van der Waals surface area contributed by atoms with E-state index in [9.17, 15) is 9.90 Å². The van der Waals surface area contributed by atoms with E-state index in [-0.39, 0.29) is 18.1 Å².